The minimum Gasteiger partial charge on any atom is -0.326 e. The average molecular weight is 423 g/mol. The Hall–Kier alpha value is -2.27. The van der Waals surface area contributed by atoms with Gasteiger partial charge in [-0.3, -0.25) is 14.5 Å². The predicted octanol–water partition coefficient (Wildman–Crippen LogP) is 6.11. The molecule has 2 amide bonds. The monoisotopic (exact) mass is 422 g/mol. The number of carbonyl (C=O) groups excluding carboxylic acids is 2. The van der Waals surface area contributed by atoms with E-state index in [0.717, 1.165) is 42.6 Å². The van der Waals surface area contributed by atoms with Gasteiger partial charge in [0.15, 0.2) is 0 Å². The third-order valence-corrected chi connectivity index (χ3v) is 7.34. The molecule has 0 bridgehead atoms. The summed E-state index contributed by atoms with van der Waals surface area (Å²) in [7, 11) is 0. The highest BCUT2D eigenvalue weighted by Crippen LogP contribution is 2.44. The molecular weight excluding hydrogens is 392 g/mol. The Morgan fingerprint density at radius 1 is 1.03 bits per heavy atom. The van der Waals surface area contributed by atoms with Crippen molar-refractivity contribution in [2.75, 3.05) is 16.0 Å². The molecule has 0 spiro atoms. The van der Waals surface area contributed by atoms with E-state index in [1.807, 2.05) is 47.4 Å². The van der Waals surface area contributed by atoms with Crippen molar-refractivity contribution in [3.8, 4) is 0 Å². The molecule has 0 radical (unpaired) electrons. The predicted molar refractivity (Wildman–Crippen MR) is 125 cm³/mol. The molecule has 5 heteroatoms. The number of carbonyl (C=O) groups is 2. The molecule has 1 saturated carbocycles. The summed E-state index contributed by atoms with van der Waals surface area (Å²) in [6.45, 7) is 4.32. The molecule has 1 saturated heterocycles. The van der Waals surface area contributed by atoms with Gasteiger partial charge in [0.1, 0.15) is 5.37 Å². The quantitative estimate of drug-likeness (QED) is 0.633. The maximum Gasteiger partial charge on any atom is 0.238 e. The van der Waals surface area contributed by atoms with Gasteiger partial charge < -0.3 is 5.32 Å². The second-order valence-corrected chi connectivity index (χ2v) is 9.66. The fourth-order valence-corrected chi connectivity index (χ4v) is 5.64. The van der Waals surface area contributed by atoms with Crippen LogP contribution in [0, 0.1) is 5.92 Å². The van der Waals surface area contributed by atoms with E-state index in [2.05, 4.69) is 25.2 Å². The first-order valence-electron chi connectivity index (χ1n) is 11.0. The van der Waals surface area contributed by atoms with Gasteiger partial charge in [0.2, 0.25) is 11.8 Å². The van der Waals surface area contributed by atoms with Crippen LogP contribution in [0.4, 0.5) is 11.4 Å². The maximum atomic E-state index is 12.8. The zero-order chi connectivity index (χ0) is 21.1. The molecule has 1 atom stereocenters. The summed E-state index contributed by atoms with van der Waals surface area (Å²) < 4.78 is 0. The van der Waals surface area contributed by atoms with Gasteiger partial charge >= 0.3 is 0 Å². The summed E-state index contributed by atoms with van der Waals surface area (Å²) in [4.78, 5) is 27.2. The second kappa shape index (κ2) is 9.25. The normalized spacial score (nSPS) is 20.0. The lowest BCUT2D eigenvalue weighted by atomic mass is 9.88. The third kappa shape index (κ3) is 4.41. The molecule has 0 aromatic heterocycles. The standard InChI is InChI=1S/C25H30N2O2S/c1-17(2)21-10-6-7-11-22(21)27-23(28)16-30-25(27)19-12-14-20(15-13-19)26-24(29)18-8-4-3-5-9-18/h6-7,10-15,17-18,25H,3-5,8-9,16H2,1-2H3,(H,26,29). The molecule has 4 nitrogen and oxygen atoms in total. The molecule has 1 N–H and O–H groups in total. The van der Waals surface area contributed by atoms with Gasteiger partial charge in [-0.05, 0) is 48.1 Å². The van der Waals surface area contributed by atoms with Gasteiger partial charge in [-0.25, -0.2) is 0 Å². The largest absolute Gasteiger partial charge is 0.326 e. The summed E-state index contributed by atoms with van der Waals surface area (Å²) >= 11 is 1.66. The van der Waals surface area contributed by atoms with E-state index in [1.165, 1.54) is 12.0 Å². The molecule has 2 aromatic rings. The minimum atomic E-state index is -0.0412. The van der Waals surface area contributed by atoms with E-state index in [0.29, 0.717) is 11.7 Å². The number of thioether (sulfide) groups is 1. The van der Waals surface area contributed by atoms with Gasteiger partial charge in [0.25, 0.3) is 0 Å². The fourth-order valence-electron chi connectivity index (χ4n) is 4.47. The molecule has 2 fully saturated rings. The lowest BCUT2D eigenvalue weighted by molar-refractivity contribution is -0.120. The van der Waals surface area contributed by atoms with Crippen LogP contribution < -0.4 is 10.2 Å². The first-order valence-corrected chi connectivity index (χ1v) is 12.0. The van der Waals surface area contributed by atoms with Crippen LogP contribution >= 0.6 is 11.8 Å². The number of amides is 2. The highest BCUT2D eigenvalue weighted by molar-refractivity contribution is 8.00. The number of nitrogens with one attached hydrogen (secondary N) is 1. The lowest BCUT2D eigenvalue weighted by Gasteiger charge is -2.28. The molecule has 2 aliphatic rings. The average Bonchev–Trinajstić information content (AvgIpc) is 3.16. The topological polar surface area (TPSA) is 49.4 Å². The second-order valence-electron chi connectivity index (χ2n) is 8.59. The van der Waals surface area contributed by atoms with Crippen molar-refractivity contribution in [3.63, 3.8) is 0 Å². The summed E-state index contributed by atoms with van der Waals surface area (Å²) in [6.07, 6.45) is 5.53. The number of hydrogen-bond donors (Lipinski definition) is 1. The SMILES string of the molecule is CC(C)c1ccccc1N1C(=O)CSC1c1ccc(NC(=O)C2CCCCC2)cc1. The van der Waals surface area contributed by atoms with Crippen LogP contribution in [-0.4, -0.2) is 17.6 Å². The Morgan fingerprint density at radius 2 is 1.73 bits per heavy atom. The molecule has 1 aliphatic carbocycles. The van der Waals surface area contributed by atoms with Crippen LogP contribution in [0.2, 0.25) is 0 Å². The molecule has 1 heterocycles. The van der Waals surface area contributed by atoms with Gasteiger partial charge in [-0.2, -0.15) is 0 Å². The highest BCUT2D eigenvalue weighted by atomic mass is 32.2. The molecular formula is C25H30N2O2S. The first kappa shape index (κ1) is 21.0. The van der Waals surface area contributed by atoms with Gasteiger partial charge in [-0.15, -0.1) is 11.8 Å². The number of rotatable bonds is 5. The van der Waals surface area contributed by atoms with Crippen molar-refractivity contribution in [1.29, 1.82) is 0 Å². The molecule has 1 unspecified atom stereocenters. The molecule has 4 rings (SSSR count). The minimum absolute atomic E-state index is 0.0412. The van der Waals surface area contributed by atoms with E-state index < -0.39 is 0 Å². The smallest absolute Gasteiger partial charge is 0.238 e. The number of benzene rings is 2. The van der Waals surface area contributed by atoms with Crippen molar-refractivity contribution >= 4 is 35.0 Å². The van der Waals surface area contributed by atoms with Crippen LogP contribution in [0.3, 0.4) is 0 Å². The fraction of sp³-hybridized carbons (Fsp3) is 0.440. The zero-order valence-electron chi connectivity index (χ0n) is 17.8. The number of para-hydroxylation sites is 1. The van der Waals surface area contributed by atoms with Gasteiger partial charge in [-0.1, -0.05) is 63.4 Å². The van der Waals surface area contributed by atoms with Crippen LogP contribution in [0.5, 0.6) is 0 Å². The molecule has 30 heavy (non-hydrogen) atoms. The van der Waals surface area contributed by atoms with Gasteiger partial charge in [0, 0.05) is 17.3 Å². The zero-order valence-corrected chi connectivity index (χ0v) is 18.6. The van der Waals surface area contributed by atoms with Crippen LogP contribution in [0.1, 0.15) is 68.4 Å². The van der Waals surface area contributed by atoms with Crippen LogP contribution in [0.15, 0.2) is 48.5 Å². The number of nitrogens with zero attached hydrogens (tertiary/aromatic N) is 1. The number of hydrogen-bond acceptors (Lipinski definition) is 3. The summed E-state index contributed by atoms with van der Waals surface area (Å²) in [6, 6.07) is 16.2. The van der Waals surface area contributed by atoms with Crippen molar-refractivity contribution in [1.82, 2.24) is 0 Å². The van der Waals surface area contributed by atoms with Crippen LogP contribution in [0.25, 0.3) is 0 Å². The van der Waals surface area contributed by atoms with Crippen molar-refractivity contribution in [3.05, 3.63) is 59.7 Å². The summed E-state index contributed by atoms with van der Waals surface area (Å²) in [5.74, 6) is 1.26. The Kier molecular flexibility index (Phi) is 6.47. The van der Waals surface area contributed by atoms with E-state index in [-0.39, 0.29) is 23.1 Å². The van der Waals surface area contributed by atoms with Gasteiger partial charge in [0.05, 0.1) is 5.75 Å². The molecule has 1 aliphatic heterocycles. The van der Waals surface area contributed by atoms with Crippen molar-refractivity contribution < 1.29 is 9.59 Å². The maximum absolute atomic E-state index is 12.8. The van der Waals surface area contributed by atoms with Crippen LogP contribution in [-0.2, 0) is 9.59 Å². The Balaban J connectivity index is 1.52. The van der Waals surface area contributed by atoms with E-state index in [1.54, 1.807) is 11.8 Å². The highest BCUT2D eigenvalue weighted by Gasteiger charge is 2.35. The summed E-state index contributed by atoms with van der Waals surface area (Å²) in [5, 5.41) is 3.04. The molecule has 2 aromatic carbocycles. The van der Waals surface area contributed by atoms with Crippen molar-refractivity contribution in [2.45, 2.75) is 57.2 Å². The van der Waals surface area contributed by atoms with E-state index in [9.17, 15) is 9.59 Å². The first-order chi connectivity index (χ1) is 14.5. The molecule has 158 valence electrons. The Labute approximate surface area is 183 Å². The Bertz CT molecular complexity index is 904. The van der Waals surface area contributed by atoms with E-state index >= 15 is 0 Å². The summed E-state index contributed by atoms with van der Waals surface area (Å²) in [5.41, 5.74) is 4.11. The lowest BCUT2D eigenvalue weighted by Crippen LogP contribution is -2.29. The number of anilines is 2. The van der Waals surface area contributed by atoms with Crippen molar-refractivity contribution in [2.24, 2.45) is 5.92 Å². The third-order valence-electron chi connectivity index (χ3n) is 6.13. The Morgan fingerprint density at radius 3 is 2.43 bits per heavy atom. The van der Waals surface area contributed by atoms with E-state index in [4.69, 9.17) is 0 Å².